The minimum atomic E-state index is 0.530. The summed E-state index contributed by atoms with van der Waals surface area (Å²) in [6, 6.07) is 0. The van der Waals surface area contributed by atoms with Crippen molar-refractivity contribution in [2.45, 2.75) is 51.4 Å². The van der Waals surface area contributed by atoms with Crippen LogP contribution in [0.1, 0.15) is 56.5 Å². The Morgan fingerprint density at radius 2 is 2.07 bits per heavy atom. The molecule has 4 nitrogen and oxygen atoms in total. The molecule has 0 saturated heterocycles. The molecule has 0 bridgehead atoms. The summed E-state index contributed by atoms with van der Waals surface area (Å²) in [5.74, 6) is 8.12. The number of imidazole rings is 1. The topological polar surface area (TPSA) is 69.9 Å². The van der Waals surface area contributed by atoms with E-state index in [1.54, 1.807) is 4.68 Å². The summed E-state index contributed by atoms with van der Waals surface area (Å²) in [5, 5.41) is 0. The highest BCUT2D eigenvalue weighted by Crippen LogP contribution is 2.34. The van der Waals surface area contributed by atoms with Crippen molar-refractivity contribution in [3.05, 3.63) is 11.5 Å². The zero-order valence-electron chi connectivity index (χ0n) is 9.37. The molecule has 1 heterocycles. The van der Waals surface area contributed by atoms with Gasteiger partial charge in [-0.3, -0.25) is 0 Å². The molecular weight excluding hydrogens is 188 g/mol. The number of rotatable bonds is 3. The van der Waals surface area contributed by atoms with E-state index in [-0.39, 0.29) is 0 Å². The maximum absolute atomic E-state index is 5.94. The summed E-state index contributed by atoms with van der Waals surface area (Å²) in [5.41, 5.74) is 6.91. The predicted octanol–water partition coefficient (Wildman–Crippen LogP) is 1.79. The van der Waals surface area contributed by atoms with E-state index < -0.39 is 0 Å². The van der Waals surface area contributed by atoms with Gasteiger partial charge in [-0.25, -0.2) is 9.66 Å². The fourth-order valence-electron chi connectivity index (χ4n) is 2.40. The Hall–Kier alpha value is -1.19. The average Bonchev–Trinajstić information content (AvgIpc) is 2.82. The van der Waals surface area contributed by atoms with Crippen LogP contribution in [0.15, 0.2) is 0 Å². The molecule has 15 heavy (non-hydrogen) atoms. The highest BCUT2D eigenvalue weighted by atomic mass is 15.4. The van der Waals surface area contributed by atoms with Crippen LogP contribution in [-0.2, 0) is 6.42 Å². The maximum atomic E-state index is 5.94. The standard InChI is InChI=1S/C11H20N4/c1-2-5-9-10(12)15(13)11(14-9)8-6-3-4-7-8/h8H,2-7,12-13H2,1H3. The van der Waals surface area contributed by atoms with Crippen molar-refractivity contribution in [1.82, 2.24) is 9.66 Å². The van der Waals surface area contributed by atoms with E-state index in [9.17, 15) is 0 Å². The van der Waals surface area contributed by atoms with Crippen LogP contribution in [-0.4, -0.2) is 9.66 Å². The van der Waals surface area contributed by atoms with Crippen LogP contribution < -0.4 is 11.6 Å². The minimum Gasteiger partial charge on any atom is -0.382 e. The Labute approximate surface area is 90.6 Å². The fourth-order valence-corrected chi connectivity index (χ4v) is 2.40. The Kier molecular flexibility index (Phi) is 2.84. The van der Waals surface area contributed by atoms with Crippen molar-refractivity contribution in [2.24, 2.45) is 0 Å². The van der Waals surface area contributed by atoms with Gasteiger partial charge in [-0.05, 0) is 19.3 Å². The Morgan fingerprint density at radius 1 is 1.40 bits per heavy atom. The molecule has 1 aromatic rings. The molecule has 0 aromatic carbocycles. The number of aromatic nitrogens is 2. The number of nitrogens with two attached hydrogens (primary N) is 2. The van der Waals surface area contributed by atoms with Gasteiger partial charge < -0.3 is 11.6 Å². The smallest absolute Gasteiger partial charge is 0.145 e. The third kappa shape index (κ3) is 1.80. The molecule has 1 aromatic heterocycles. The van der Waals surface area contributed by atoms with E-state index in [2.05, 4.69) is 11.9 Å². The van der Waals surface area contributed by atoms with Gasteiger partial charge in [0.25, 0.3) is 0 Å². The van der Waals surface area contributed by atoms with Gasteiger partial charge in [0, 0.05) is 5.92 Å². The molecular formula is C11H20N4. The van der Waals surface area contributed by atoms with E-state index in [1.807, 2.05) is 0 Å². The first kappa shape index (κ1) is 10.3. The summed E-state index contributed by atoms with van der Waals surface area (Å²) in [6.07, 6.45) is 6.99. The summed E-state index contributed by atoms with van der Waals surface area (Å²) in [7, 11) is 0. The molecule has 0 amide bonds. The zero-order chi connectivity index (χ0) is 10.8. The van der Waals surface area contributed by atoms with Gasteiger partial charge in [0.15, 0.2) is 0 Å². The number of aryl methyl sites for hydroxylation is 1. The highest BCUT2D eigenvalue weighted by Gasteiger charge is 2.24. The van der Waals surface area contributed by atoms with Gasteiger partial charge in [-0.2, -0.15) is 0 Å². The quantitative estimate of drug-likeness (QED) is 0.744. The van der Waals surface area contributed by atoms with Gasteiger partial charge in [0.2, 0.25) is 0 Å². The Balaban J connectivity index is 2.27. The van der Waals surface area contributed by atoms with Gasteiger partial charge >= 0.3 is 0 Å². The molecule has 4 N–H and O–H groups in total. The van der Waals surface area contributed by atoms with Crippen molar-refractivity contribution in [1.29, 1.82) is 0 Å². The molecule has 0 atom stereocenters. The van der Waals surface area contributed by atoms with Crippen LogP contribution in [0.25, 0.3) is 0 Å². The first-order valence-electron chi connectivity index (χ1n) is 5.86. The van der Waals surface area contributed by atoms with Crippen molar-refractivity contribution in [3.63, 3.8) is 0 Å². The van der Waals surface area contributed by atoms with E-state index in [1.165, 1.54) is 25.7 Å². The molecule has 0 spiro atoms. The summed E-state index contributed by atoms with van der Waals surface area (Å²) in [4.78, 5) is 4.59. The van der Waals surface area contributed by atoms with Crippen LogP contribution in [0.2, 0.25) is 0 Å². The third-order valence-electron chi connectivity index (χ3n) is 3.26. The van der Waals surface area contributed by atoms with Crippen molar-refractivity contribution < 1.29 is 0 Å². The fraction of sp³-hybridized carbons (Fsp3) is 0.727. The molecule has 1 aliphatic carbocycles. The van der Waals surface area contributed by atoms with Gasteiger partial charge in [0.1, 0.15) is 11.6 Å². The van der Waals surface area contributed by atoms with Crippen LogP contribution in [0, 0.1) is 0 Å². The summed E-state index contributed by atoms with van der Waals surface area (Å²) < 4.78 is 1.60. The van der Waals surface area contributed by atoms with Crippen molar-refractivity contribution >= 4 is 5.82 Å². The average molecular weight is 208 g/mol. The molecule has 1 aliphatic rings. The number of nitrogen functional groups attached to an aromatic ring is 2. The van der Waals surface area contributed by atoms with Gasteiger partial charge in [-0.1, -0.05) is 26.2 Å². The third-order valence-corrected chi connectivity index (χ3v) is 3.26. The van der Waals surface area contributed by atoms with Crippen LogP contribution in [0.5, 0.6) is 0 Å². The molecule has 1 saturated carbocycles. The highest BCUT2D eigenvalue weighted by molar-refractivity contribution is 5.39. The Bertz CT molecular complexity index is 337. The van der Waals surface area contributed by atoms with Gasteiger partial charge in [0.05, 0.1) is 5.69 Å². The maximum Gasteiger partial charge on any atom is 0.145 e. The second-order valence-electron chi connectivity index (χ2n) is 4.40. The molecule has 0 unspecified atom stereocenters. The Morgan fingerprint density at radius 3 is 2.67 bits per heavy atom. The lowest BCUT2D eigenvalue weighted by Gasteiger charge is -2.08. The largest absolute Gasteiger partial charge is 0.382 e. The normalized spacial score (nSPS) is 17.4. The lowest BCUT2D eigenvalue weighted by atomic mass is 10.1. The molecule has 4 heteroatoms. The monoisotopic (exact) mass is 208 g/mol. The van der Waals surface area contributed by atoms with Crippen LogP contribution >= 0.6 is 0 Å². The number of anilines is 1. The van der Waals surface area contributed by atoms with Gasteiger partial charge in [-0.15, -0.1) is 0 Å². The van der Waals surface area contributed by atoms with Crippen molar-refractivity contribution in [2.75, 3.05) is 11.6 Å². The first-order valence-corrected chi connectivity index (χ1v) is 5.86. The summed E-state index contributed by atoms with van der Waals surface area (Å²) in [6.45, 7) is 2.13. The van der Waals surface area contributed by atoms with E-state index in [4.69, 9.17) is 11.6 Å². The molecule has 84 valence electrons. The van der Waals surface area contributed by atoms with Crippen LogP contribution in [0.3, 0.4) is 0 Å². The SMILES string of the molecule is CCCc1nc(C2CCCC2)n(N)c1N. The summed E-state index contributed by atoms with van der Waals surface area (Å²) >= 11 is 0. The minimum absolute atomic E-state index is 0.530. The van der Waals surface area contributed by atoms with Crippen LogP contribution in [0.4, 0.5) is 5.82 Å². The predicted molar refractivity (Wildman–Crippen MR) is 62.0 cm³/mol. The lowest BCUT2D eigenvalue weighted by molar-refractivity contribution is 0.646. The number of hydrogen-bond acceptors (Lipinski definition) is 3. The molecule has 0 radical (unpaired) electrons. The van der Waals surface area contributed by atoms with Crippen molar-refractivity contribution in [3.8, 4) is 0 Å². The molecule has 2 rings (SSSR count). The number of nitrogens with zero attached hydrogens (tertiary/aromatic N) is 2. The lowest BCUT2D eigenvalue weighted by Crippen LogP contribution is -2.17. The zero-order valence-corrected chi connectivity index (χ0v) is 9.37. The second-order valence-corrected chi connectivity index (χ2v) is 4.40. The molecule has 1 fully saturated rings. The van der Waals surface area contributed by atoms with E-state index in [0.717, 1.165) is 24.4 Å². The first-order chi connectivity index (χ1) is 7.24. The van der Waals surface area contributed by atoms with E-state index >= 15 is 0 Å². The molecule has 0 aliphatic heterocycles. The van der Waals surface area contributed by atoms with E-state index in [0.29, 0.717) is 11.7 Å². The number of hydrogen-bond donors (Lipinski definition) is 2. The second kappa shape index (κ2) is 4.13.